The van der Waals surface area contributed by atoms with Crippen molar-refractivity contribution in [2.45, 2.75) is 19.8 Å². The third kappa shape index (κ3) is 5.04. The van der Waals surface area contributed by atoms with Crippen LogP contribution in [0.15, 0.2) is 36.4 Å². The van der Waals surface area contributed by atoms with Crippen LogP contribution in [0, 0.1) is 11.3 Å². The summed E-state index contributed by atoms with van der Waals surface area (Å²) in [6, 6.07) is 8.59. The van der Waals surface area contributed by atoms with Crippen molar-refractivity contribution in [1.29, 1.82) is 5.26 Å². The minimum atomic E-state index is -0.409. The maximum atomic E-state index is 11.6. The Balaban J connectivity index is 2.79. The Morgan fingerprint density at radius 1 is 1.26 bits per heavy atom. The van der Waals surface area contributed by atoms with Crippen molar-refractivity contribution in [3.8, 4) is 6.07 Å². The molecule has 0 unspecified atom stereocenters. The van der Waals surface area contributed by atoms with Crippen LogP contribution in [-0.2, 0) is 9.59 Å². The summed E-state index contributed by atoms with van der Waals surface area (Å²) in [5.74, 6) is -0.669. The first-order valence-corrected chi connectivity index (χ1v) is 5.90. The van der Waals surface area contributed by atoms with Gasteiger partial charge in [0, 0.05) is 0 Å². The molecule has 0 atom stereocenters. The summed E-state index contributed by atoms with van der Waals surface area (Å²) >= 11 is 0. The number of rotatable bonds is 5. The van der Waals surface area contributed by atoms with E-state index < -0.39 is 5.91 Å². The van der Waals surface area contributed by atoms with Gasteiger partial charge in [-0.25, -0.2) is 0 Å². The molecule has 5 heteroatoms. The molecule has 19 heavy (non-hydrogen) atoms. The summed E-state index contributed by atoms with van der Waals surface area (Å²) in [5, 5.41) is 13.7. The molecule has 0 fully saturated rings. The SMILES string of the molecule is CC/C=C/C(=O)Nc1ccccc1NC(=O)CC#N. The average molecular weight is 257 g/mol. The second-order valence-electron chi connectivity index (χ2n) is 3.73. The number of anilines is 2. The summed E-state index contributed by atoms with van der Waals surface area (Å²) in [6.07, 6.45) is 3.73. The van der Waals surface area contributed by atoms with E-state index in [0.29, 0.717) is 11.4 Å². The second kappa shape index (κ2) is 7.67. The zero-order valence-corrected chi connectivity index (χ0v) is 10.6. The van der Waals surface area contributed by atoms with Crippen LogP contribution in [0.4, 0.5) is 11.4 Å². The fourth-order valence-corrected chi connectivity index (χ4v) is 1.37. The molecule has 2 N–H and O–H groups in total. The standard InChI is InChI=1S/C14H15N3O2/c1-2-3-8-13(18)16-11-6-4-5-7-12(11)17-14(19)9-10-15/h3-8H,2,9H2,1H3,(H,16,18)(H,17,19)/b8-3+. The third-order valence-corrected chi connectivity index (χ3v) is 2.20. The van der Waals surface area contributed by atoms with Crippen molar-refractivity contribution in [2.75, 3.05) is 10.6 Å². The predicted octanol–water partition coefficient (Wildman–Crippen LogP) is 2.44. The minimum absolute atomic E-state index is 0.224. The summed E-state index contributed by atoms with van der Waals surface area (Å²) < 4.78 is 0. The zero-order chi connectivity index (χ0) is 14.1. The molecule has 0 bridgehead atoms. The number of nitriles is 1. The highest BCUT2D eigenvalue weighted by atomic mass is 16.2. The summed E-state index contributed by atoms with van der Waals surface area (Å²) in [4.78, 5) is 22.9. The van der Waals surface area contributed by atoms with Crippen molar-refractivity contribution >= 4 is 23.2 Å². The van der Waals surface area contributed by atoms with E-state index in [-0.39, 0.29) is 12.3 Å². The van der Waals surface area contributed by atoms with E-state index in [9.17, 15) is 9.59 Å². The number of amides is 2. The number of nitrogens with one attached hydrogen (secondary N) is 2. The van der Waals surface area contributed by atoms with Crippen molar-refractivity contribution < 1.29 is 9.59 Å². The Morgan fingerprint density at radius 3 is 2.47 bits per heavy atom. The molecule has 1 aromatic carbocycles. The number of carbonyl (C=O) groups is 2. The molecule has 1 rings (SSSR count). The third-order valence-electron chi connectivity index (χ3n) is 2.20. The highest BCUT2D eigenvalue weighted by Gasteiger charge is 2.07. The Bertz CT molecular complexity index is 530. The number of benzene rings is 1. The molecular weight excluding hydrogens is 242 g/mol. The average Bonchev–Trinajstić information content (AvgIpc) is 2.39. The van der Waals surface area contributed by atoms with Gasteiger partial charge in [-0.1, -0.05) is 25.1 Å². The number of carbonyl (C=O) groups excluding carboxylic acids is 2. The number of hydrogen-bond acceptors (Lipinski definition) is 3. The molecule has 0 spiro atoms. The van der Waals surface area contributed by atoms with Gasteiger partial charge in [0.05, 0.1) is 17.4 Å². The van der Waals surface area contributed by atoms with Gasteiger partial charge in [-0.15, -0.1) is 0 Å². The maximum Gasteiger partial charge on any atom is 0.248 e. The fourth-order valence-electron chi connectivity index (χ4n) is 1.37. The van der Waals surface area contributed by atoms with Crippen molar-refractivity contribution in [2.24, 2.45) is 0 Å². The smallest absolute Gasteiger partial charge is 0.248 e. The van der Waals surface area contributed by atoms with E-state index in [0.717, 1.165) is 6.42 Å². The molecule has 0 aliphatic heterocycles. The number of hydrogen-bond donors (Lipinski definition) is 2. The zero-order valence-electron chi connectivity index (χ0n) is 10.6. The topological polar surface area (TPSA) is 82.0 Å². The first kappa shape index (κ1) is 14.5. The molecule has 5 nitrogen and oxygen atoms in total. The van der Waals surface area contributed by atoms with Crippen LogP contribution in [0.2, 0.25) is 0 Å². The molecule has 1 aromatic rings. The van der Waals surface area contributed by atoms with Crippen LogP contribution in [0.25, 0.3) is 0 Å². The highest BCUT2D eigenvalue weighted by Crippen LogP contribution is 2.21. The second-order valence-corrected chi connectivity index (χ2v) is 3.73. The van der Waals surface area contributed by atoms with Gasteiger partial charge < -0.3 is 10.6 Å². The molecule has 0 aliphatic rings. The quantitative estimate of drug-likeness (QED) is 0.795. The lowest BCUT2D eigenvalue weighted by molar-refractivity contribution is -0.115. The van der Waals surface area contributed by atoms with Crippen LogP contribution >= 0.6 is 0 Å². The predicted molar refractivity (Wildman–Crippen MR) is 73.4 cm³/mol. The van der Waals surface area contributed by atoms with E-state index in [1.807, 2.05) is 6.92 Å². The summed E-state index contributed by atoms with van der Waals surface area (Å²) in [6.45, 7) is 1.93. The number of allylic oxidation sites excluding steroid dienone is 1. The summed E-state index contributed by atoms with van der Waals surface area (Å²) in [7, 11) is 0. The van der Waals surface area contributed by atoms with Crippen molar-refractivity contribution in [1.82, 2.24) is 0 Å². The molecule has 0 aromatic heterocycles. The van der Waals surface area contributed by atoms with E-state index >= 15 is 0 Å². The molecule has 0 heterocycles. The van der Waals surface area contributed by atoms with E-state index in [1.165, 1.54) is 6.08 Å². The van der Waals surface area contributed by atoms with Crippen molar-refractivity contribution in [3.63, 3.8) is 0 Å². The van der Waals surface area contributed by atoms with Gasteiger partial charge in [0.25, 0.3) is 0 Å². The first-order valence-electron chi connectivity index (χ1n) is 5.90. The molecule has 0 aliphatic carbocycles. The van der Waals surface area contributed by atoms with Gasteiger partial charge >= 0.3 is 0 Å². The highest BCUT2D eigenvalue weighted by molar-refractivity contribution is 6.03. The Labute approximate surface area is 111 Å². The Hall–Kier alpha value is -2.61. The van der Waals surface area contributed by atoms with E-state index in [1.54, 1.807) is 36.4 Å². The molecule has 0 saturated heterocycles. The molecule has 98 valence electrons. The van der Waals surface area contributed by atoms with E-state index in [2.05, 4.69) is 10.6 Å². The molecular formula is C14H15N3O2. The normalized spacial score (nSPS) is 9.89. The monoisotopic (exact) mass is 257 g/mol. The minimum Gasteiger partial charge on any atom is -0.323 e. The van der Waals surface area contributed by atoms with Gasteiger partial charge in [-0.3, -0.25) is 9.59 Å². The van der Waals surface area contributed by atoms with Crippen LogP contribution in [-0.4, -0.2) is 11.8 Å². The largest absolute Gasteiger partial charge is 0.323 e. The van der Waals surface area contributed by atoms with Gasteiger partial charge in [-0.2, -0.15) is 5.26 Å². The Morgan fingerprint density at radius 2 is 1.89 bits per heavy atom. The lowest BCUT2D eigenvalue weighted by atomic mass is 10.2. The van der Waals surface area contributed by atoms with Crippen molar-refractivity contribution in [3.05, 3.63) is 36.4 Å². The van der Waals surface area contributed by atoms with Crippen LogP contribution in [0.5, 0.6) is 0 Å². The number of para-hydroxylation sites is 2. The van der Waals surface area contributed by atoms with Crippen LogP contribution in [0.1, 0.15) is 19.8 Å². The number of nitrogens with zero attached hydrogens (tertiary/aromatic N) is 1. The van der Waals surface area contributed by atoms with Crippen LogP contribution < -0.4 is 10.6 Å². The lowest BCUT2D eigenvalue weighted by Crippen LogP contribution is -2.14. The molecule has 2 amide bonds. The molecule has 0 saturated carbocycles. The van der Waals surface area contributed by atoms with E-state index in [4.69, 9.17) is 5.26 Å². The fraction of sp³-hybridized carbons (Fsp3) is 0.214. The maximum absolute atomic E-state index is 11.6. The Kier molecular flexibility index (Phi) is 5.83. The lowest BCUT2D eigenvalue weighted by Gasteiger charge is -2.10. The first-order chi connectivity index (χ1) is 9.17. The van der Waals surface area contributed by atoms with Gasteiger partial charge in [0.1, 0.15) is 6.42 Å². The van der Waals surface area contributed by atoms with Gasteiger partial charge in [0.2, 0.25) is 11.8 Å². The van der Waals surface area contributed by atoms with Crippen LogP contribution in [0.3, 0.4) is 0 Å². The van der Waals surface area contributed by atoms with Gasteiger partial charge in [0.15, 0.2) is 0 Å². The summed E-state index contributed by atoms with van der Waals surface area (Å²) in [5.41, 5.74) is 0.973. The molecule has 0 radical (unpaired) electrons. The van der Waals surface area contributed by atoms with Gasteiger partial charge in [-0.05, 0) is 24.6 Å².